The summed E-state index contributed by atoms with van der Waals surface area (Å²) in [6, 6.07) is 10.8. The molecule has 3 aromatic rings. The van der Waals surface area contributed by atoms with E-state index in [1.54, 1.807) is 46.6 Å². The van der Waals surface area contributed by atoms with E-state index in [9.17, 15) is 4.79 Å². The molecule has 4 rings (SSSR count). The van der Waals surface area contributed by atoms with Crippen molar-refractivity contribution in [1.82, 2.24) is 15.0 Å². The van der Waals surface area contributed by atoms with Crippen LogP contribution < -0.4 is 24.3 Å². The first kappa shape index (κ1) is 24.3. The van der Waals surface area contributed by atoms with Crippen LogP contribution in [0.2, 0.25) is 0 Å². The average Bonchev–Trinajstić information content (AvgIpc) is 3.37. The Kier molecular flexibility index (Phi) is 7.71. The maximum absolute atomic E-state index is 12.8. The summed E-state index contributed by atoms with van der Waals surface area (Å²) in [5.41, 5.74) is 1.41. The van der Waals surface area contributed by atoms with E-state index in [0.717, 1.165) is 31.5 Å². The zero-order valence-corrected chi connectivity index (χ0v) is 20.4. The van der Waals surface area contributed by atoms with Crippen LogP contribution in [0.15, 0.2) is 40.9 Å². The van der Waals surface area contributed by atoms with Gasteiger partial charge >= 0.3 is 0 Å². The minimum atomic E-state index is -0.0805. The summed E-state index contributed by atoms with van der Waals surface area (Å²) in [6.07, 6.45) is 1.47. The van der Waals surface area contributed by atoms with Gasteiger partial charge in [-0.15, -0.1) is 0 Å². The predicted octanol–water partition coefficient (Wildman–Crippen LogP) is 3.62. The lowest BCUT2D eigenvalue weighted by Crippen LogP contribution is -2.37. The van der Waals surface area contributed by atoms with Crippen molar-refractivity contribution >= 4 is 11.6 Å². The zero-order valence-electron chi connectivity index (χ0n) is 20.4. The van der Waals surface area contributed by atoms with Gasteiger partial charge in [-0.05, 0) is 56.3 Å². The number of carbonyl (C=O) groups excluding carboxylic acids is 1. The van der Waals surface area contributed by atoms with E-state index in [1.807, 2.05) is 18.2 Å². The lowest BCUT2D eigenvalue weighted by molar-refractivity contribution is -0.121. The van der Waals surface area contributed by atoms with E-state index in [0.29, 0.717) is 46.9 Å². The molecule has 35 heavy (non-hydrogen) atoms. The van der Waals surface area contributed by atoms with Crippen molar-refractivity contribution in [3.8, 4) is 34.4 Å². The Bertz CT molecular complexity index is 1160. The maximum atomic E-state index is 12.8. The third kappa shape index (κ3) is 5.65. The summed E-state index contributed by atoms with van der Waals surface area (Å²) in [7, 11) is 6.33. The minimum Gasteiger partial charge on any atom is -0.497 e. The normalized spacial score (nSPS) is 14.4. The molecule has 0 saturated carbocycles. The first-order chi connectivity index (χ1) is 17.0. The Labute approximate surface area is 204 Å². The Balaban J connectivity index is 1.31. The molecule has 1 aliphatic heterocycles. The molecule has 0 radical (unpaired) electrons. The van der Waals surface area contributed by atoms with E-state index in [4.69, 9.17) is 23.5 Å². The lowest BCUT2D eigenvalue weighted by Gasteiger charge is -2.30. The highest BCUT2D eigenvalue weighted by Crippen LogP contribution is 2.32. The van der Waals surface area contributed by atoms with Crippen LogP contribution in [0.25, 0.3) is 11.4 Å². The number of aromatic nitrogens is 2. The second-order valence-corrected chi connectivity index (χ2v) is 8.19. The zero-order chi connectivity index (χ0) is 24.8. The number of likely N-dealkylation sites (tertiary alicyclic amines) is 1. The van der Waals surface area contributed by atoms with Gasteiger partial charge in [0.05, 0.1) is 40.7 Å². The van der Waals surface area contributed by atoms with Crippen LogP contribution in [0.3, 0.4) is 0 Å². The molecule has 10 heteroatoms. The average molecular weight is 483 g/mol. The van der Waals surface area contributed by atoms with Crippen molar-refractivity contribution in [3.63, 3.8) is 0 Å². The van der Waals surface area contributed by atoms with Gasteiger partial charge in [-0.25, -0.2) is 0 Å². The van der Waals surface area contributed by atoms with Gasteiger partial charge in [-0.1, -0.05) is 5.16 Å². The molecular weight excluding hydrogens is 452 g/mol. The Hall–Kier alpha value is -3.79. The number of methoxy groups -OCH3 is 4. The van der Waals surface area contributed by atoms with E-state index >= 15 is 0 Å². The summed E-state index contributed by atoms with van der Waals surface area (Å²) < 4.78 is 26.7. The second-order valence-electron chi connectivity index (χ2n) is 8.19. The molecule has 1 fully saturated rings. The van der Waals surface area contributed by atoms with E-state index in [1.165, 1.54) is 0 Å². The fraction of sp³-hybridized carbons (Fsp3) is 0.400. The molecule has 1 N–H and O–H groups in total. The predicted molar refractivity (Wildman–Crippen MR) is 129 cm³/mol. The van der Waals surface area contributed by atoms with Gasteiger partial charge in [0.15, 0.2) is 11.5 Å². The summed E-state index contributed by atoms with van der Waals surface area (Å²) in [6.45, 7) is 2.04. The van der Waals surface area contributed by atoms with Crippen LogP contribution >= 0.6 is 0 Å². The summed E-state index contributed by atoms with van der Waals surface area (Å²) in [5, 5.41) is 7.10. The van der Waals surface area contributed by atoms with Crippen molar-refractivity contribution < 1.29 is 28.3 Å². The van der Waals surface area contributed by atoms with Gasteiger partial charge in [0, 0.05) is 17.5 Å². The second kappa shape index (κ2) is 11.1. The molecule has 0 bridgehead atoms. The Morgan fingerprint density at radius 1 is 0.971 bits per heavy atom. The smallest absolute Gasteiger partial charge is 0.241 e. The molecule has 2 heterocycles. The van der Waals surface area contributed by atoms with Crippen molar-refractivity contribution in [1.29, 1.82) is 0 Å². The number of anilines is 1. The Morgan fingerprint density at radius 2 is 1.71 bits per heavy atom. The monoisotopic (exact) mass is 482 g/mol. The molecule has 10 nitrogen and oxygen atoms in total. The molecule has 0 unspecified atom stereocenters. The van der Waals surface area contributed by atoms with E-state index in [2.05, 4.69) is 20.4 Å². The highest BCUT2D eigenvalue weighted by atomic mass is 16.5. The molecule has 1 aliphatic rings. The summed E-state index contributed by atoms with van der Waals surface area (Å²) in [5.74, 6) is 3.40. The number of carbonyl (C=O) groups is 1. The third-order valence-electron chi connectivity index (χ3n) is 6.09. The molecule has 1 saturated heterocycles. The van der Waals surface area contributed by atoms with Crippen LogP contribution in [0, 0.1) is 5.92 Å². The fourth-order valence-corrected chi connectivity index (χ4v) is 4.09. The number of benzene rings is 2. The summed E-state index contributed by atoms with van der Waals surface area (Å²) in [4.78, 5) is 19.6. The van der Waals surface area contributed by atoms with Gasteiger partial charge in [-0.2, -0.15) is 4.98 Å². The molecule has 1 amide bonds. The molecule has 0 atom stereocenters. The van der Waals surface area contributed by atoms with Gasteiger partial charge in [0.2, 0.25) is 17.6 Å². The maximum Gasteiger partial charge on any atom is 0.241 e. The van der Waals surface area contributed by atoms with Gasteiger partial charge in [-0.3, -0.25) is 9.69 Å². The molecular formula is C25H30N4O6. The minimum absolute atomic E-state index is 0.0124. The van der Waals surface area contributed by atoms with Crippen molar-refractivity contribution in [2.45, 2.75) is 19.4 Å². The van der Waals surface area contributed by atoms with Crippen molar-refractivity contribution in [2.24, 2.45) is 5.92 Å². The topological polar surface area (TPSA) is 108 Å². The molecule has 0 aliphatic carbocycles. The fourth-order valence-electron chi connectivity index (χ4n) is 4.09. The SMILES string of the molecule is COc1ccc(NC(=O)C2CCN(Cc3nc(-c4ccc(OC)c(OC)c4)no3)CC2)c(OC)c1. The quantitative estimate of drug-likeness (QED) is 0.489. The standard InChI is InChI=1S/C25H30N4O6/c1-31-18-6-7-19(21(14-18)33-3)26-25(30)16-9-11-29(12-10-16)15-23-27-24(28-35-23)17-5-8-20(32-2)22(13-17)34-4/h5-8,13-14,16H,9-12,15H2,1-4H3,(H,26,30). The Morgan fingerprint density at radius 3 is 2.40 bits per heavy atom. The summed E-state index contributed by atoms with van der Waals surface area (Å²) >= 11 is 0. The van der Waals surface area contributed by atoms with Crippen molar-refractivity contribution in [2.75, 3.05) is 46.8 Å². The van der Waals surface area contributed by atoms with Crippen LogP contribution in [0.5, 0.6) is 23.0 Å². The first-order valence-corrected chi connectivity index (χ1v) is 11.3. The van der Waals surface area contributed by atoms with E-state index in [-0.39, 0.29) is 11.8 Å². The number of piperidine rings is 1. The number of nitrogens with zero attached hydrogens (tertiary/aromatic N) is 3. The van der Waals surface area contributed by atoms with Gasteiger partial charge in [0.1, 0.15) is 11.5 Å². The lowest BCUT2D eigenvalue weighted by atomic mass is 9.96. The molecule has 1 aromatic heterocycles. The first-order valence-electron chi connectivity index (χ1n) is 11.3. The van der Waals surface area contributed by atoms with Crippen LogP contribution in [0.4, 0.5) is 5.69 Å². The highest BCUT2D eigenvalue weighted by Gasteiger charge is 2.27. The largest absolute Gasteiger partial charge is 0.497 e. The van der Waals surface area contributed by atoms with Crippen LogP contribution in [0.1, 0.15) is 18.7 Å². The molecule has 186 valence electrons. The number of hydrogen-bond donors (Lipinski definition) is 1. The molecule has 2 aromatic carbocycles. The van der Waals surface area contributed by atoms with E-state index < -0.39 is 0 Å². The number of rotatable bonds is 9. The van der Waals surface area contributed by atoms with Crippen LogP contribution in [-0.2, 0) is 11.3 Å². The van der Waals surface area contributed by atoms with Gasteiger partial charge < -0.3 is 28.8 Å². The van der Waals surface area contributed by atoms with Crippen LogP contribution in [-0.4, -0.2) is 62.5 Å². The third-order valence-corrected chi connectivity index (χ3v) is 6.09. The number of ether oxygens (including phenoxy) is 4. The highest BCUT2D eigenvalue weighted by molar-refractivity contribution is 5.94. The molecule has 0 spiro atoms. The number of hydrogen-bond acceptors (Lipinski definition) is 9. The number of nitrogens with one attached hydrogen (secondary N) is 1. The number of amides is 1. The van der Waals surface area contributed by atoms with Gasteiger partial charge in [0.25, 0.3) is 0 Å². The van der Waals surface area contributed by atoms with Crippen molar-refractivity contribution in [3.05, 3.63) is 42.3 Å².